The number of hydrogen-bond acceptors (Lipinski definition) is 4. The number of nitrogens with one attached hydrogen (secondary N) is 1. The van der Waals surface area contributed by atoms with Gasteiger partial charge in [-0.15, -0.1) is 0 Å². The Morgan fingerprint density at radius 1 is 1.10 bits per heavy atom. The second kappa shape index (κ2) is 8.55. The van der Waals surface area contributed by atoms with Crippen LogP contribution in [0.1, 0.15) is 36.2 Å². The van der Waals surface area contributed by atoms with E-state index < -0.39 is 0 Å². The molecule has 0 spiro atoms. The molecule has 7 heteroatoms. The van der Waals surface area contributed by atoms with Gasteiger partial charge in [-0.3, -0.25) is 14.2 Å². The Kier molecular flexibility index (Phi) is 5.66. The Balaban J connectivity index is 1.43. The monoisotopic (exact) mass is 415 g/mol. The Bertz CT molecular complexity index is 1300. The molecule has 2 heterocycles. The molecular weight excluding hydrogens is 390 g/mol. The van der Waals surface area contributed by atoms with Gasteiger partial charge in [0, 0.05) is 24.2 Å². The van der Waals surface area contributed by atoms with Crippen molar-refractivity contribution in [3.63, 3.8) is 0 Å². The average molecular weight is 415 g/mol. The summed E-state index contributed by atoms with van der Waals surface area (Å²) in [6.07, 6.45) is 3.48. The highest BCUT2D eigenvalue weighted by Gasteiger charge is 2.17. The Morgan fingerprint density at radius 2 is 1.84 bits per heavy atom. The van der Waals surface area contributed by atoms with Crippen LogP contribution in [0.4, 0.5) is 0 Å². The van der Waals surface area contributed by atoms with E-state index in [0.717, 1.165) is 22.5 Å². The van der Waals surface area contributed by atoms with Crippen LogP contribution >= 0.6 is 0 Å². The van der Waals surface area contributed by atoms with Crippen molar-refractivity contribution in [3.05, 3.63) is 88.2 Å². The van der Waals surface area contributed by atoms with Gasteiger partial charge in [0.15, 0.2) is 0 Å². The third kappa shape index (κ3) is 4.12. The number of benzene rings is 2. The van der Waals surface area contributed by atoms with Crippen molar-refractivity contribution in [1.29, 1.82) is 0 Å². The van der Waals surface area contributed by atoms with Crippen molar-refractivity contribution in [2.75, 3.05) is 0 Å². The molecule has 0 fully saturated rings. The van der Waals surface area contributed by atoms with Crippen molar-refractivity contribution in [1.82, 2.24) is 24.6 Å². The number of para-hydroxylation sites is 2. The van der Waals surface area contributed by atoms with Crippen molar-refractivity contribution >= 4 is 16.8 Å². The summed E-state index contributed by atoms with van der Waals surface area (Å²) in [6.45, 7) is 6.26. The highest BCUT2D eigenvalue weighted by Crippen LogP contribution is 2.22. The fourth-order valence-corrected chi connectivity index (χ4v) is 3.77. The summed E-state index contributed by atoms with van der Waals surface area (Å²) in [5, 5.41) is 8.09. The smallest absolute Gasteiger partial charge is 0.261 e. The van der Waals surface area contributed by atoms with Gasteiger partial charge in [-0.05, 0) is 44.5 Å². The summed E-state index contributed by atoms with van der Waals surface area (Å²) in [5.74, 6) is -0.129. The summed E-state index contributed by atoms with van der Waals surface area (Å²) in [4.78, 5) is 29.4. The molecule has 2 aromatic carbocycles. The number of hydrogen-bond donors (Lipinski definition) is 1. The quantitative estimate of drug-likeness (QED) is 0.523. The minimum absolute atomic E-state index is 0.129. The van der Waals surface area contributed by atoms with Crippen LogP contribution in [0.15, 0.2) is 65.8 Å². The molecule has 158 valence electrons. The van der Waals surface area contributed by atoms with Gasteiger partial charge in [0.2, 0.25) is 5.91 Å². The van der Waals surface area contributed by atoms with Gasteiger partial charge in [0.25, 0.3) is 5.56 Å². The maximum Gasteiger partial charge on any atom is 0.261 e. The third-order valence-electron chi connectivity index (χ3n) is 5.55. The fraction of sp³-hybridized carbons (Fsp3) is 0.250. The maximum absolute atomic E-state index is 12.6. The topological polar surface area (TPSA) is 81.8 Å². The van der Waals surface area contributed by atoms with Gasteiger partial charge in [-0.2, -0.15) is 5.10 Å². The van der Waals surface area contributed by atoms with Gasteiger partial charge in [-0.1, -0.05) is 30.3 Å². The highest BCUT2D eigenvalue weighted by atomic mass is 16.2. The van der Waals surface area contributed by atoms with Crippen LogP contribution in [0.3, 0.4) is 0 Å². The Morgan fingerprint density at radius 3 is 2.65 bits per heavy atom. The lowest BCUT2D eigenvalue weighted by Gasteiger charge is -2.15. The van der Waals surface area contributed by atoms with E-state index in [-0.39, 0.29) is 30.5 Å². The first-order valence-corrected chi connectivity index (χ1v) is 10.3. The van der Waals surface area contributed by atoms with Crippen molar-refractivity contribution in [2.24, 2.45) is 0 Å². The minimum Gasteiger partial charge on any atom is -0.349 e. The molecule has 1 atom stereocenters. The molecule has 0 saturated heterocycles. The van der Waals surface area contributed by atoms with Crippen molar-refractivity contribution in [3.8, 4) is 5.69 Å². The zero-order valence-corrected chi connectivity index (χ0v) is 17.9. The zero-order chi connectivity index (χ0) is 22.0. The van der Waals surface area contributed by atoms with Gasteiger partial charge < -0.3 is 5.32 Å². The molecule has 1 amide bonds. The highest BCUT2D eigenvalue weighted by molar-refractivity contribution is 5.77. The van der Waals surface area contributed by atoms with E-state index in [0.29, 0.717) is 10.9 Å². The number of amides is 1. The first-order valence-electron chi connectivity index (χ1n) is 10.3. The molecule has 4 rings (SSSR count). The van der Waals surface area contributed by atoms with E-state index in [1.54, 1.807) is 18.3 Å². The number of rotatable bonds is 6. The summed E-state index contributed by atoms with van der Waals surface area (Å²) in [6, 6.07) is 15.1. The molecule has 1 N–H and O–H groups in total. The summed E-state index contributed by atoms with van der Waals surface area (Å²) >= 11 is 0. The first-order chi connectivity index (χ1) is 15.0. The van der Waals surface area contributed by atoms with E-state index in [1.807, 2.05) is 61.9 Å². The molecule has 0 aliphatic heterocycles. The first kappa shape index (κ1) is 20.5. The van der Waals surface area contributed by atoms with Crippen LogP contribution in [-0.2, 0) is 11.3 Å². The van der Waals surface area contributed by atoms with E-state index in [4.69, 9.17) is 0 Å². The molecule has 7 nitrogen and oxygen atoms in total. The summed E-state index contributed by atoms with van der Waals surface area (Å²) in [5.41, 5.74) is 4.61. The summed E-state index contributed by atoms with van der Waals surface area (Å²) in [7, 11) is 0. The minimum atomic E-state index is -0.197. The largest absolute Gasteiger partial charge is 0.349 e. The predicted molar refractivity (Wildman–Crippen MR) is 120 cm³/mol. The molecule has 0 bridgehead atoms. The lowest BCUT2D eigenvalue weighted by Crippen LogP contribution is -2.29. The molecule has 1 unspecified atom stereocenters. The molecule has 2 aromatic heterocycles. The number of nitrogens with zero attached hydrogens (tertiary/aromatic N) is 4. The lowest BCUT2D eigenvalue weighted by molar-refractivity contribution is -0.121. The van der Waals surface area contributed by atoms with Crippen LogP contribution < -0.4 is 10.9 Å². The fourth-order valence-electron chi connectivity index (χ4n) is 3.77. The molecule has 0 radical (unpaired) electrons. The van der Waals surface area contributed by atoms with Crippen LogP contribution in [0, 0.1) is 13.8 Å². The third-order valence-corrected chi connectivity index (χ3v) is 5.55. The second-order valence-electron chi connectivity index (χ2n) is 7.68. The summed E-state index contributed by atoms with van der Waals surface area (Å²) < 4.78 is 3.38. The van der Waals surface area contributed by atoms with Crippen LogP contribution in [0.25, 0.3) is 16.6 Å². The number of carbonyl (C=O) groups excluding carboxylic acids is 1. The van der Waals surface area contributed by atoms with E-state index >= 15 is 0 Å². The average Bonchev–Trinajstić information content (AvgIpc) is 3.15. The van der Waals surface area contributed by atoms with Gasteiger partial charge >= 0.3 is 0 Å². The molecule has 0 aliphatic rings. The molecule has 4 aromatic rings. The molecule has 0 saturated carbocycles. The van der Waals surface area contributed by atoms with Crippen LogP contribution in [0.2, 0.25) is 0 Å². The maximum atomic E-state index is 12.6. The number of carbonyl (C=O) groups is 1. The zero-order valence-electron chi connectivity index (χ0n) is 17.9. The molecule has 31 heavy (non-hydrogen) atoms. The lowest BCUT2D eigenvalue weighted by atomic mass is 10.1. The Hall–Kier alpha value is -3.74. The SMILES string of the molecule is Cc1ccccc1-n1ncc(C(C)NC(=O)CCn2cnc3ccccc3c2=O)c1C. The van der Waals surface area contributed by atoms with Crippen molar-refractivity contribution in [2.45, 2.75) is 39.8 Å². The standard InChI is InChI=1S/C24H25N5O2/c1-16-8-4-7-11-22(16)29-18(3)20(14-26-29)17(2)27-23(30)12-13-28-15-25-21-10-6-5-9-19(21)24(28)31/h4-11,14-15,17H,12-13H2,1-3H3,(H,27,30). The van der Waals surface area contributed by atoms with Gasteiger partial charge in [-0.25, -0.2) is 9.67 Å². The van der Waals surface area contributed by atoms with Crippen LogP contribution in [-0.4, -0.2) is 25.2 Å². The predicted octanol–water partition coefficient (Wildman–Crippen LogP) is 3.47. The molecule has 0 aliphatic carbocycles. The number of aryl methyl sites for hydroxylation is 2. The normalized spacial score (nSPS) is 12.1. The van der Waals surface area contributed by atoms with Crippen LogP contribution in [0.5, 0.6) is 0 Å². The van der Waals surface area contributed by atoms with E-state index in [9.17, 15) is 9.59 Å². The van der Waals surface area contributed by atoms with Gasteiger partial charge in [0.1, 0.15) is 0 Å². The second-order valence-corrected chi connectivity index (χ2v) is 7.68. The van der Waals surface area contributed by atoms with E-state index in [1.165, 1.54) is 10.9 Å². The van der Waals surface area contributed by atoms with Gasteiger partial charge in [0.05, 0.1) is 35.2 Å². The van der Waals surface area contributed by atoms with Crippen molar-refractivity contribution < 1.29 is 4.79 Å². The Labute approximate surface area is 180 Å². The number of fused-ring (bicyclic) bond motifs is 1. The number of aromatic nitrogens is 4. The molecular formula is C24H25N5O2. The van der Waals surface area contributed by atoms with E-state index in [2.05, 4.69) is 15.4 Å².